The minimum atomic E-state index is -0.610. The van der Waals surface area contributed by atoms with Gasteiger partial charge in [-0.05, 0) is 47.9 Å². The molecule has 14 heteroatoms. The zero-order valence-corrected chi connectivity index (χ0v) is 25.4. The maximum atomic E-state index is 14.0. The van der Waals surface area contributed by atoms with Crippen LogP contribution in [0.3, 0.4) is 0 Å². The monoisotopic (exact) mass is 656 g/mol. The number of imide groups is 1. The molecule has 2 bridgehead atoms. The van der Waals surface area contributed by atoms with Gasteiger partial charge in [0, 0.05) is 45.9 Å². The Morgan fingerprint density at radius 2 is 1.54 bits per heavy atom. The van der Waals surface area contributed by atoms with Crippen LogP contribution in [0.1, 0.15) is 28.3 Å². The van der Waals surface area contributed by atoms with Gasteiger partial charge in [0.15, 0.2) is 0 Å². The van der Waals surface area contributed by atoms with Gasteiger partial charge in [0.1, 0.15) is 12.4 Å². The summed E-state index contributed by atoms with van der Waals surface area (Å²) in [6.07, 6.45) is 0.633. The summed E-state index contributed by atoms with van der Waals surface area (Å²) in [7, 11) is 0. The zero-order chi connectivity index (χ0) is 31.9. The first-order valence-electron chi connectivity index (χ1n) is 14.7. The van der Waals surface area contributed by atoms with Crippen molar-refractivity contribution in [3.63, 3.8) is 0 Å². The van der Waals surface area contributed by atoms with E-state index in [9.17, 15) is 34.6 Å². The summed E-state index contributed by atoms with van der Waals surface area (Å²) in [5, 5.41) is 23.7. The number of carbonyl (C=O) groups excluding carboxylic acids is 2. The van der Waals surface area contributed by atoms with Crippen molar-refractivity contribution in [1.82, 2.24) is 4.98 Å². The molecule has 46 heavy (non-hydrogen) atoms. The van der Waals surface area contributed by atoms with Crippen molar-refractivity contribution in [2.45, 2.75) is 29.2 Å². The second-order valence-corrected chi connectivity index (χ2v) is 14.2. The van der Waals surface area contributed by atoms with Gasteiger partial charge in [0.05, 0.1) is 32.4 Å². The molecule has 2 aliphatic heterocycles. The summed E-state index contributed by atoms with van der Waals surface area (Å²) < 4.78 is 6.30. The van der Waals surface area contributed by atoms with Crippen LogP contribution >= 0.6 is 23.1 Å². The lowest BCUT2D eigenvalue weighted by Gasteiger charge is -2.43. The van der Waals surface area contributed by atoms with Gasteiger partial charge in [-0.1, -0.05) is 41.7 Å². The lowest BCUT2D eigenvalue weighted by molar-refractivity contribution is -0.385. The molecule has 2 amide bonds. The van der Waals surface area contributed by atoms with Crippen LogP contribution in [-0.4, -0.2) is 31.9 Å². The van der Waals surface area contributed by atoms with Crippen LogP contribution in [0.4, 0.5) is 17.1 Å². The van der Waals surface area contributed by atoms with E-state index in [1.54, 1.807) is 6.07 Å². The average molecular weight is 657 g/mol. The van der Waals surface area contributed by atoms with Gasteiger partial charge in [0.2, 0.25) is 11.8 Å². The van der Waals surface area contributed by atoms with Gasteiger partial charge in [-0.3, -0.25) is 39.5 Å². The zero-order valence-electron chi connectivity index (χ0n) is 23.8. The Bertz CT molecular complexity index is 1990. The molecule has 0 radical (unpaired) electrons. The van der Waals surface area contributed by atoms with Crippen LogP contribution in [0.2, 0.25) is 0 Å². The highest BCUT2D eigenvalue weighted by Gasteiger charge is 2.70. The molecule has 0 unspecified atom stereocenters. The molecule has 4 aromatic rings. The predicted molar refractivity (Wildman–Crippen MR) is 168 cm³/mol. The second kappa shape index (κ2) is 10.6. The van der Waals surface area contributed by atoms with E-state index in [0.717, 1.165) is 26.7 Å². The third kappa shape index (κ3) is 4.31. The third-order valence-electron chi connectivity index (χ3n) is 9.82. The number of nitro benzene ring substituents is 2. The SMILES string of the molecule is O=C1[C@H]2[C@H]3C[C@@H]([C@@H]2C(=O)N1c1ccc([N+](=O)[O-])cc1)[C@H]1[C@H](c2cc([N+](=O)[O-])ccc2OCc2ccccc2)c2sc(=O)[nH]c2S[C@H]31. The number of aromatic amines is 1. The maximum Gasteiger partial charge on any atom is 0.305 e. The van der Waals surface area contributed by atoms with Crippen molar-refractivity contribution in [3.05, 3.63) is 119 Å². The number of aromatic nitrogens is 1. The smallest absolute Gasteiger partial charge is 0.305 e. The molecule has 1 saturated heterocycles. The summed E-state index contributed by atoms with van der Waals surface area (Å²) in [4.78, 5) is 67.4. The number of nitrogens with one attached hydrogen (secondary N) is 1. The lowest BCUT2D eigenvalue weighted by atomic mass is 9.68. The van der Waals surface area contributed by atoms with E-state index in [1.807, 2.05) is 30.3 Å². The van der Waals surface area contributed by atoms with Gasteiger partial charge < -0.3 is 9.72 Å². The van der Waals surface area contributed by atoms with Gasteiger partial charge in [-0.25, -0.2) is 0 Å². The standard InChI is InChI=1S/C32H24N4O8S2/c37-30-25-20-13-21(26(25)31(38)34(30)16-6-8-17(9-7-16)35(40)41)27-24(20)23(28-29(45-27)33-32(39)46-28)19-12-18(36(42)43)10-11-22(19)44-14-15-4-2-1-3-5-15/h1-12,20-21,23-27H,13-14H2,(H,33,39)/t20-,21-,23+,24+,25+,26+,27-/m1/s1. The summed E-state index contributed by atoms with van der Waals surface area (Å²) in [6, 6.07) is 19.4. The summed E-state index contributed by atoms with van der Waals surface area (Å²) in [5.74, 6) is -2.47. The van der Waals surface area contributed by atoms with Crippen LogP contribution in [0.5, 0.6) is 5.75 Å². The van der Waals surface area contributed by atoms with Crippen molar-refractivity contribution in [3.8, 4) is 5.75 Å². The second-order valence-electron chi connectivity index (χ2n) is 12.0. The van der Waals surface area contributed by atoms with E-state index in [1.165, 1.54) is 48.2 Å². The first-order valence-corrected chi connectivity index (χ1v) is 16.4. The molecule has 8 rings (SSSR count). The summed E-state index contributed by atoms with van der Waals surface area (Å²) >= 11 is 2.57. The van der Waals surface area contributed by atoms with E-state index in [2.05, 4.69) is 4.98 Å². The van der Waals surface area contributed by atoms with Crippen LogP contribution in [0, 0.1) is 49.8 Å². The predicted octanol–water partition coefficient (Wildman–Crippen LogP) is 5.51. The molecule has 3 aromatic carbocycles. The molecule has 1 N–H and O–H groups in total. The van der Waals surface area contributed by atoms with Crippen LogP contribution in [0.25, 0.3) is 0 Å². The van der Waals surface area contributed by atoms with Crippen molar-refractivity contribution in [2.75, 3.05) is 4.90 Å². The number of amides is 2. The van der Waals surface area contributed by atoms with Crippen molar-refractivity contribution >= 4 is 52.0 Å². The van der Waals surface area contributed by atoms with E-state index < -0.39 is 27.6 Å². The fraction of sp³-hybridized carbons (Fsp3) is 0.281. The Kier molecular flexibility index (Phi) is 6.62. The minimum Gasteiger partial charge on any atom is -0.489 e. The third-order valence-corrected chi connectivity index (χ3v) is 12.4. The van der Waals surface area contributed by atoms with E-state index in [0.29, 0.717) is 28.4 Å². The molecule has 232 valence electrons. The number of nitro groups is 2. The number of non-ortho nitro benzene ring substituents is 2. The molecular formula is C32H24N4O8S2. The largest absolute Gasteiger partial charge is 0.489 e. The molecule has 3 heterocycles. The van der Waals surface area contributed by atoms with Gasteiger partial charge in [-0.2, -0.15) is 0 Å². The maximum absolute atomic E-state index is 14.0. The van der Waals surface area contributed by atoms with E-state index >= 15 is 0 Å². The Morgan fingerprint density at radius 3 is 2.24 bits per heavy atom. The quantitative estimate of drug-likeness (QED) is 0.153. The number of carbonyl (C=O) groups is 2. The topological polar surface area (TPSA) is 166 Å². The van der Waals surface area contributed by atoms with Crippen molar-refractivity contribution in [1.29, 1.82) is 0 Å². The minimum absolute atomic E-state index is 0.112. The molecule has 1 aromatic heterocycles. The summed E-state index contributed by atoms with van der Waals surface area (Å²) in [5.41, 5.74) is 1.53. The van der Waals surface area contributed by atoms with Gasteiger partial charge >= 0.3 is 4.87 Å². The molecular weight excluding hydrogens is 633 g/mol. The number of H-pyrrole nitrogens is 1. The fourth-order valence-electron chi connectivity index (χ4n) is 8.10. The molecule has 12 nitrogen and oxygen atoms in total. The van der Waals surface area contributed by atoms with Crippen LogP contribution in [0.15, 0.2) is 82.6 Å². The molecule has 2 aliphatic carbocycles. The Balaban J connectivity index is 1.21. The molecule has 0 spiro atoms. The highest BCUT2D eigenvalue weighted by Crippen LogP contribution is 2.69. The lowest BCUT2D eigenvalue weighted by Crippen LogP contribution is -2.42. The number of ether oxygens (including phenoxy) is 1. The number of thioether (sulfide) groups is 1. The summed E-state index contributed by atoms with van der Waals surface area (Å²) in [6.45, 7) is 0.228. The van der Waals surface area contributed by atoms with Crippen LogP contribution < -0.4 is 14.5 Å². The first kappa shape index (κ1) is 28.6. The number of hydrogen-bond donors (Lipinski definition) is 1. The number of rotatable bonds is 7. The van der Waals surface area contributed by atoms with Crippen molar-refractivity contribution in [2.24, 2.45) is 29.6 Å². The number of fused-ring (bicyclic) bond motifs is 9. The Labute approximate surface area is 268 Å². The van der Waals surface area contributed by atoms with E-state index in [-0.39, 0.29) is 57.7 Å². The fourth-order valence-corrected chi connectivity index (χ4v) is 11.0. The number of benzene rings is 3. The van der Waals surface area contributed by atoms with Gasteiger partial charge in [0.25, 0.3) is 11.4 Å². The van der Waals surface area contributed by atoms with E-state index in [4.69, 9.17) is 4.74 Å². The van der Waals surface area contributed by atoms with Gasteiger partial charge in [-0.15, -0.1) is 11.8 Å². The number of hydrogen-bond acceptors (Lipinski definition) is 10. The first-order chi connectivity index (χ1) is 22.2. The Hall–Kier alpha value is -4.82. The number of anilines is 1. The Morgan fingerprint density at radius 1 is 0.870 bits per heavy atom. The molecule has 2 saturated carbocycles. The molecule has 3 fully saturated rings. The van der Waals surface area contributed by atoms with Crippen LogP contribution in [-0.2, 0) is 16.2 Å². The van der Waals surface area contributed by atoms with Crippen molar-refractivity contribution < 1.29 is 24.2 Å². The average Bonchev–Trinajstić information content (AvgIpc) is 3.79. The number of thiazole rings is 1. The normalized spacial score (nSPS) is 27.3. The number of nitrogens with zero attached hydrogens (tertiary/aromatic N) is 3. The highest BCUT2D eigenvalue weighted by molar-refractivity contribution is 8.00. The molecule has 7 atom stereocenters. The molecule has 4 aliphatic rings. The highest BCUT2D eigenvalue weighted by atomic mass is 32.2.